The van der Waals surface area contributed by atoms with E-state index in [1.54, 1.807) is 0 Å². The van der Waals surface area contributed by atoms with E-state index >= 15 is 0 Å². The Kier molecular flexibility index (Phi) is 3.18. The molecule has 2 aliphatic carbocycles. The zero-order valence-corrected chi connectivity index (χ0v) is 8.67. The third kappa shape index (κ3) is 2.34. The molecular formula is C13H18O. The third-order valence-electron chi connectivity index (χ3n) is 3.20. The Morgan fingerprint density at radius 1 is 1.21 bits per heavy atom. The molecule has 0 aromatic carbocycles. The zero-order valence-electron chi connectivity index (χ0n) is 8.67. The maximum absolute atomic E-state index is 11.6. The number of carbonyl (C=O) groups excluding carboxylic acids is 1. The highest BCUT2D eigenvalue weighted by atomic mass is 16.1. The lowest BCUT2D eigenvalue weighted by atomic mass is 9.87. The Balaban J connectivity index is 2.00. The van der Waals surface area contributed by atoms with Crippen molar-refractivity contribution in [2.45, 2.75) is 44.9 Å². The van der Waals surface area contributed by atoms with Crippen LogP contribution in [-0.2, 0) is 4.79 Å². The summed E-state index contributed by atoms with van der Waals surface area (Å²) in [4.78, 5) is 11.6. The second kappa shape index (κ2) is 4.59. The van der Waals surface area contributed by atoms with E-state index in [2.05, 4.69) is 18.2 Å². The highest BCUT2D eigenvalue weighted by Crippen LogP contribution is 2.26. The summed E-state index contributed by atoms with van der Waals surface area (Å²) in [5.41, 5.74) is 1.12. The molecular weight excluding hydrogens is 172 g/mol. The fourth-order valence-electron chi connectivity index (χ4n) is 2.33. The molecule has 1 unspecified atom stereocenters. The number of carbonyl (C=O) groups is 1. The molecule has 76 valence electrons. The average Bonchev–Trinajstić information content (AvgIpc) is 2.23. The predicted molar refractivity (Wildman–Crippen MR) is 58.0 cm³/mol. The van der Waals surface area contributed by atoms with Crippen molar-refractivity contribution in [2.24, 2.45) is 5.92 Å². The van der Waals surface area contributed by atoms with Crippen LogP contribution in [0.2, 0.25) is 0 Å². The van der Waals surface area contributed by atoms with Gasteiger partial charge in [0.05, 0.1) is 0 Å². The molecule has 14 heavy (non-hydrogen) atoms. The summed E-state index contributed by atoms with van der Waals surface area (Å²) >= 11 is 0. The van der Waals surface area contributed by atoms with Gasteiger partial charge < -0.3 is 0 Å². The van der Waals surface area contributed by atoms with Crippen molar-refractivity contribution in [3.63, 3.8) is 0 Å². The summed E-state index contributed by atoms with van der Waals surface area (Å²) in [6.07, 6.45) is 14.4. The van der Waals surface area contributed by atoms with Crippen molar-refractivity contribution in [1.82, 2.24) is 0 Å². The maximum atomic E-state index is 11.6. The first kappa shape index (κ1) is 9.70. The maximum Gasteiger partial charge on any atom is 0.158 e. The number of allylic oxidation sites excluding steroid dienone is 4. The van der Waals surface area contributed by atoms with Gasteiger partial charge in [-0.2, -0.15) is 0 Å². The smallest absolute Gasteiger partial charge is 0.158 e. The van der Waals surface area contributed by atoms with Crippen LogP contribution in [0.25, 0.3) is 0 Å². The van der Waals surface area contributed by atoms with E-state index in [0.717, 1.165) is 31.3 Å². The fourth-order valence-corrected chi connectivity index (χ4v) is 2.33. The minimum Gasteiger partial charge on any atom is -0.295 e. The van der Waals surface area contributed by atoms with Gasteiger partial charge in [-0.05, 0) is 50.0 Å². The van der Waals surface area contributed by atoms with E-state index in [0.29, 0.717) is 11.7 Å². The molecule has 0 aromatic heterocycles. The minimum absolute atomic E-state index is 0.408. The van der Waals surface area contributed by atoms with Crippen LogP contribution in [-0.4, -0.2) is 5.78 Å². The van der Waals surface area contributed by atoms with Crippen molar-refractivity contribution in [3.8, 4) is 0 Å². The van der Waals surface area contributed by atoms with E-state index in [4.69, 9.17) is 0 Å². The van der Waals surface area contributed by atoms with Crippen LogP contribution >= 0.6 is 0 Å². The van der Waals surface area contributed by atoms with Gasteiger partial charge in [0.2, 0.25) is 0 Å². The minimum atomic E-state index is 0.408. The molecule has 0 aromatic rings. The van der Waals surface area contributed by atoms with Crippen LogP contribution in [0.15, 0.2) is 23.8 Å². The Morgan fingerprint density at radius 2 is 2.07 bits per heavy atom. The molecule has 0 spiro atoms. The Labute approximate surface area is 85.9 Å². The van der Waals surface area contributed by atoms with E-state index < -0.39 is 0 Å². The molecule has 2 rings (SSSR count). The molecule has 1 atom stereocenters. The lowest BCUT2D eigenvalue weighted by molar-refractivity contribution is -0.116. The quantitative estimate of drug-likeness (QED) is 0.457. The molecule has 0 radical (unpaired) electrons. The standard InChI is InChI=1S/C13H18O/c14-13-9-5-4-8-12(13)10-11-6-2-1-3-7-11/h1-2,10-11H,3-9H2. The second-order valence-corrected chi connectivity index (χ2v) is 4.37. The number of hydrogen-bond donors (Lipinski definition) is 0. The molecule has 0 aliphatic heterocycles. The van der Waals surface area contributed by atoms with Crippen LogP contribution in [0, 0.1) is 5.92 Å². The predicted octanol–water partition coefficient (Wildman–Crippen LogP) is 3.41. The summed E-state index contributed by atoms with van der Waals surface area (Å²) in [5.74, 6) is 1.04. The van der Waals surface area contributed by atoms with E-state index in [9.17, 15) is 4.79 Å². The first-order valence-electron chi connectivity index (χ1n) is 5.75. The van der Waals surface area contributed by atoms with Crippen LogP contribution in [0.4, 0.5) is 0 Å². The number of rotatable bonds is 1. The molecule has 0 N–H and O–H groups in total. The summed E-state index contributed by atoms with van der Waals surface area (Å²) in [7, 11) is 0. The fraction of sp³-hybridized carbons (Fsp3) is 0.615. The van der Waals surface area contributed by atoms with E-state index in [-0.39, 0.29) is 0 Å². The molecule has 1 fully saturated rings. The normalized spacial score (nSPS) is 31.0. The summed E-state index contributed by atoms with van der Waals surface area (Å²) in [6.45, 7) is 0. The van der Waals surface area contributed by atoms with Crippen molar-refractivity contribution >= 4 is 5.78 Å². The highest BCUT2D eigenvalue weighted by Gasteiger charge is 2.16. The van der Waals surface area contributed by atoms with Crippen molar-refractivity contribution in [3.05, 3.63) is 23.8 Å². The SMILES string of the molecule is O=C1CCCCC1=CC1CC=CCC1. The summed E-state index contributed by atoms with van der Waals surface area (Å²) < 4.78 is 0. The van der Waals surface area contributed by atoms with Gasteiger partial charge in [0.15, 0.2) is 5.78 Å². The molecule has 0 saturated heterocycles. The molecule has 2 aliphatic rings. The van der Waals surface area contributed by atoms with Crippen molar-refractivity contribution < 1.29 is 4.79 Å². The largest absolute Gasteiger partial charge is 0.295 e. The Hall–Kier alpha value is -0.850. The van der Waals surface area contributed by atoms with E-state index in [1.807, 2.05) is 0 Å². The van der Waals surface area contributed by atoms with Crippen molar-refractivity contribution in [2.75, 3.05) is 0 Å². The van der Waals surface area contributed by atoms with E-state index in [1.165, 1.54) is 19.3 Å². The number of hydrogen-bond acceptors (Lipinski definition) is 1. The first-order valence-corrected chi connectivity index (χ1v) is 5.75. The second-order valence-electron chi connectivity index (χ2n) is 4.37. The average molecular weight is 190 g/mol. The number of ketones is 1. The molecule has 1 nitrogen and oxygen atoms in total. The lowest BCUT2D eigenvalue weighted by Crippen LogP contribution is -2.11. The van der Waals surface area contributed by atoms with Gasteiger partial charge in [0.1, 0.15) is 0 Å². The van der Waals surface area contributed by atoms with Gasteiger partial charge in [-0.15, -0.1) is 0 Å². The number of Topliss-reactive ketones (excluding diaryl/α,β-unsaturated/α-hetero) is 1. The molecule has 0 bridgehead atoms. The molecule has 0 amide bonds. The van der Waals surface area contributed by atoms with Gasteiger partial charge >= 0.3 is 0 Å². The third-order valence-corrected chi connectivity index (χ3v) is 3.20. The Morgan fingerprint density at radius 3 is 2.79 bits per heavy atom. The Bertz CT molecular complexity index is 273. The summed E-state index contributed by atoms with van der Waals surface area (Å²) in [6, 6.07) is 0. The van der Waals surface area contributed by atoms with Crippen LogP contribution < -0.4 is 0 Å². The zero-order chi connectivity index (χ0) is 9.80. The van der Waals surface area contributed by atoms with Gasteiger partial charge in [0.25, 0.3) is 0 Å². The molecule has 1 saturated carbocycles. The van der Waals surface area contributed by atoms with Gasteiger partial charge in [-0.3, -0.25) is 4.79 Å². The topological polar surface area (TPSA) is 17.1 Å². The highest BCUT2D eigenvalue weighted by molar-refractivity contribution is 5.95. The van der Waals surface area contributed by atoms with Crippen LogP contribution in [0.5, 0.6) is 0 Å². The van der Waals surface area contributed by atoms with Crippen LogP contribution in [0.3, 0.4) is 0 Å². The molecule has 1 heteroatoms. The van der Waals surface area contributed by atoms with Gasteiger partial charge in [-0.25, -0.2) is 0 Å². The van der Waals surface area contributed by atoms with Gasteiger partial charge in [0, 0.05) is 6.42 Å². The monoisotopic (exact) mass is 190 g/mol. The van der Waals surface area contributed by atoms with Gasteiger partial charge in [-0.1, -0.05) is 18.2 Å². The van der Waals surface area contributed by atoms with Crippen LogP contribution in [0.1, 0.15) is 44.9 Å². The lowest BCUT2D eigenvalue weighted by Gasteiger charge is -2.18. The van der Waals surface area contributed by atoms with Crippen molar-refractivity contribution in [1.29, 1.82) is 0 Å². The molecule has 0 heterocycles. The summed E-state index contributed by atoms with van der Waals surface area (Å²) in [5, 5.41) is 0. The first-order chi connectivity index (χ1) is 6.86.